The molecule has 3 nitrogen and oxygen atoms in total. The fraction of sp³-hybridized carbons (Fsp3) is 0.375. The Labute approximate surface area is 95.6 Å². The van der Waals surface area contributed by atoms with Crippen molar-refractivity contribution in [3.05, 3.63) is 18.0 Å². The van der Waals surface area contributed by atoms with E-state index in [-0.39, 0.29) is 11.8 Å². The average Bonchev–Trinajstić information content (AvgIpc) is 2.17. The minimum Gasteiger partial charge on any atom is -0.397 e. The van der Waals surface area contributed by atoms with E-state index in [9.17, 15) is 30.7 Å². The summed E-state index contributed by atoms with van der Waals surface area (Å²) >= 11 is 0. The van der Waals surface area contributed by atoms with Gasteiger partial charge in [-0.2, -0.15) is 26.3 Å². The van der Waals surface area contributed by atoms with Crippen LogP contribution in [0.4, 0.5) is 42.1 Å². The fourth-order valence-electron chi connectivity index (χ4n) is 1.12. The Kier molecular flexibility index (Phi) is 3.09. The zero-order valence-corrected chi connectivity index (χ0v) is 8.40. The summed E-state index contributed by atoms with van der Waals surface area (Å²) in [6.07, 6.45) is -12.0. The molecule has 1 rings (SSSR count). The van der Waals surface area contributed by atoms with Crippen LogP contribution in [0, 0.1) is 0 Å². The quantitative estimate of drug-likeness (QED) is 0.775. The van der Waals surface area contributed by atoms with Gasteiger partial charge in [0.15, 0.2) is 0 Å². The first kappa shape index (κ1) is 14.3. The second-order valence-corrected chi connectivity index (χ2v) is 3.35. The standard InChI is InChI=1S/C8H6F7N3/c9-6(7(10,11)12,8(13,14)15)5-1-3(16)4(17)2-18-5/h1-2H,17H2,(H2,16,18). The third-order valence-corrected chi connectivity index (χ3v) is 2.10. The average molecular weight is 277 g/mol. The maximum Gasteiger partial charge on any atom is 0.437 e. The summed E-state index contributed by atoms with van der Waals surface area (Å²) in [7, 11) is 0. The molecule has 0 aliphatic heterocycles. The number of hydrogen-bond donors (Lipinski definition) is 2. The van der Waals surface area contributed by atoms with E-state index in [4.69, 9.17) is 11.5 Å². The summed E-state index contributed by atoms with van der Waals surface area (Å²) in [5, 5.41) is 0. The molecule has 0 aromatic carbocycles. The summed E-state index contributed by atoms with van der Waals surface area (Å²) in [5.41, 5.74) is 1.63. The van der Waals surface area contributed by atoms with Gasteiger partial charge in [-0.1, -0.05) is 0 Å². The van der Waals surface area contributed by atoms with Crippen molar-refractivity contribution in [1.29, 1.82) is 0 Å². The van der Waals surface area contributed by atoms with E-state index in [1.54, 1.807) is 0 Å². The van der Waals surface area contributed by atoms with Crippen LogP contribution < -0.4 is 11.5 Å². The molecule has 0 fully saturated rings. The van der Waals surface area contributed by atoms with Gasteiger partial charge in [-0.25, -0.2) is 4.39 Å². The molecule has 0 aliphatic rings. The number of nitrogens with two attached hydrogens (primary N) is 2. The molecule has 0 spiro atoms. The number of halogens is 7. The van der Waals surface area contributed by atoms with Crippen LogP contribution in [0.5, 0.6) is 0 Å². The van der Waals surface area contributed by atoms with E-state index in [0.29, 0.717) is 6.20 Å². The minimum absolute atomic E-state index is 0.107. The zero-order chi connectivity index (χ0) is 14.4. The largest absolute Gasteiger partial charge is 0.437 e. The minimum atomic E-state index is -6.22. The first-order valence-corrected chi connectivity index (χ1v) is 4.25. The maximum atomic E-state index is 13.4. The molecule has 0 unspecified atom stereocenters. The highest BCUT2D eigenvalue weighted by atomic mass is 19.4. The van der Waals surface area contributed by atoms with Crippen molar-refractivity contribution in [2.45, 2.75) is 18.0 Å². The van der Waals surface area contributed by atoms with Gasteiger partial charge in [0, 0.05) is 0 Å². The summed E-state index contributed by atoms with van der Waals surface area (Å²) in [5.74, 6) is 0. The number of alkyl halides is 7. The molecule has 0 radical (unpaired) electrons. The number of hydrogen-bond acceptors (Lipinski definition) is 3. The normalized spacial score (nSPS) is 13.7. The predicted molar refractivity (Wildman–Crippen MR) is 48.0 cm³/mol. The topological polar surface area (TPSA) is 64.9 Å². The lowest BCUT2D eigenvalue weighted by molar-refractivity contribution is -0.349. The molecule has 0 saturated carbocycles. The fourth-order valence-corrected chi connectivity index (χ4v) is 1.12. The first-order chi connectivity index (χ1) is 7.91. The molecule has 102 valence electrons. The lowest BCUT2D eigenvalue weighted by Gasteiger charge is -2.29. The lowest BCUT2D eigenvalue weighted by Crippen LogP contribution is -2.51. The molecule has 0 aliphatic carbocycles. The third kappa shape index (κ3) is 2.02. The van der Waals surface area contributed by atoms with E-state index < -0.39 is 29.4 Å². The first-order valence-electron chi connectivity index (χ1n) is 4.25. The van der Waals surface area contributed by atoms with Gasteiger partial charge in [0.2, 0.25) is 0 Å². The Morgan fingerprint density at radius 2 is 1.28 bits per heavy atom. The molecular formula is C8H6F7N3. The van der Waals surface area contributed by atoms with Crippen LogP contribution in [0.15, 0.2) is 12.3 Å². The van der Waals surface area contributed by atoms with Gasteiger partial charge in [-0.05, 0) is 6.07 Å². The van der Waals surface area contributed by atoms with Crippen LogP contribution in [0.25, 0.3) is 0 Å². The Morgan fingerprint density at radius 1 is 0.833 bits per heavy atom. The molecule has 1 aromatic heterocycles. The molecule has 18 heavy (non-hydrogen) atoms. The molecule has 0 saturated heterocycles. The SMILES string of the molecule is Nc1cnc(C(F)(C(F)(F)F)C(F)(F)F)cc1N. The summed E-state index contributed by atoms with van der Waals surface area (Å²) in [4.78, 5) is 2.72. The maximum absolute atomic E-state index is 13.4. The Balaban J connectivity index is 3.51. The van der Waals surface area contributed by atoms with Gasteiger partial charge in [-0.15, -0.1) is 0 Å². The molecule has 1 heterocycles. The van der Waals surface area contributed by atoms with Crippen molar-refractivity contribution in [2.75, 3.05) is 11.5 Å². The van der Waals surface area contributed by atoms with Crippen molar-refractivity contribution >= 4 is 11.4 Å². The molecule has 0 amide bonds. The molecular weight excluding hydrogens is 271 g/mol. The highest BCUT2D eigenvalue weighted by Gasteiger charge is 2.74. The molecule has 10 heteroatoms. The monoisotopic (exact) mass is 277 g/mol. The Hall–Kier alpha value is -1.74. The van der Waals surface area contributed by atoms with Crippen LogP contribution in [-0.2, 0) is 5.67 Å². The van der Waals surface area contributed by atoms with E-state index in [2.05, 4.69) is 4.98 Å². The summed E-state index contributed by atoms with van der Waals surface area (Å²) in [6, 6.07) is 0.107. The van der Waals surface area contributed by atoms with Crippen molar-refractivity contribution in [3.8, 4) is 0 Å². The van der Waals surface area contributed by atoms with Crippen LogP contribution in [0.1, 0.15) is 5.69 Å². The molecule has 0 atom stereocenters. The van der Waals surface area contributed by atoms with Gasteiger partial charge in [-0.3, -0.25) is 4.98 Å². The van der Waals surface area contributed by atoms with E-state index in [0.717, 1.165) is 0 Å². The van der Waals surface area contributed by atoms with Gasteiger partial charge in [0.25, 0.3) is 0 Å². The predicted octanol–water partition coefficient (Wildman–Crippen LogP) is 2.54. The van der Waals surface area contributed by atoms with Crippen LogP contribution >= 0.6 is 0 Å². The summed E-state index contributed by atoms with van der Waals surface area (Å²) < 4.78 is 87.3. The number of anilines is 2. The van der Waals surface area contributed by atoms with Gasteiger partial charge in [0.1, 0.15) is 0 Å². The smallest absolute Gasteiger partial charge is 0.397 e. The van der Waals surface area contributed by atoms with E-state index >= 15 is 0 Å². The number of nitrogen functional groups attached to an aromatic ring is 2. The molecule has 0 bridgehead atoms. The Morgan fingerprint density at radius 3 is 1.61 bits per heavy atom. The Bertz CT molecular complexity index is 437. The van der Waals surface area contributed by atoms with Gasteiger partial charge in [0.05, 0.1) is 23.3 Å². The second-order valence-electron chi connectivity index (χ2n) is 3.35. The highest BCUT2D eigenvalue weighted by Crippen LogP contribution is 2.52. The number of rotatable bonds is 1. The van der Waals surface area contributed by atoms with Crippen molar-refractivity contribution < 1.29 is 30.7 Å². The van der Waals surface area contributed by atoms with Crippen LogP contribution in [0.2, 0.25) is 0 Å². The van der Waals surface area contributed by atoms with Crippen LogP contribution in [0.3, 0.4) is 0 Å². The zero-order valence-electron chi connectivity index (χ0n) is 8.40. The van der Waals surface area contributed by atoms with E-state index in [1.807, 2.05) is 0 Å². The third-order valence-electron chi connectivity index (χ3n) is 2.10. The van der Waals surface area contributed by atoms with Crippen LogP contribution in [-0.4, -0.2) is 17.3 Å². The van der Waals surface area contributed by atoms with Crippen molar-refractivity contribution in [3.63, 3.8) is 0 Å². The van der Waals surface area contributed by atoms with Crippen molar-refractivity contribution in [2.24, 2.45) is 0 Å². The second kappa shape index (κ2) is 3.89. The highest BCUT2D eigenvalue weighted by molar-refractivity contribution is 5.62. The van der Waals surface area contributed by atoms with Crippen molar-refractivity contribution in [1.82, 2.24) is 4.98 Å². The number of aromatic nitrogens is 1. The van der Waals surface area contributed by atoms with Gasteiger partial charge >= 0.3 is 18.0 Å². The molecule has 4 N–H and O–H groups in total. The summed E-state index contributed by atoms with van der Waals surface area (Å²) in [6.45, 7) is 0. The van der Waals surface area contributed by atoms with E-state index in [1.165, 1.54) is 0 Å². The lowest BCUT2D eigenvalue weighted by atomic mass is 9.99. The number of pyridine rings is 1. The number of nitrogens with zero attached hydrogens (tertiary/aromatic N) is 1. The van der Waals surface area contributed by atoms with Gasteiger partial charge < -0.3 is 11.5 Å². The molecule has 1 aromatic rings.